The molecule has 2 atom stereocenters. The predicted molar refractivity (Wildman–Crippen MR) is 75.7 cm³/mol. The van der Waals surface area contributed by atoms with Gasteiger partial charge in [-0.05, 0) is 48.7 Å². The number of nitrogens with one attached hydrogen (secondary N) is 1. The monoisotopic (exact) mass is 255 g/mol. The summed E-state index contributed by atoms with van der Waals surface area (Å²) >= 11 is 0. The van der Waals surface area contributed by atoms with E-state index < -0.39 is 0 Å². The van der Waals surface area contributed by atoms with Crippen molar-refractivity contribution in [2.45, 2.75) is 24.8 Å². The highest BCUT2D eigenvalue weighted by molar-refractivity contribution is 5.38. The van der Waals surface area contributed by atoms with Crippen molar-refractivity contribution >= 4 is 0 Å². The molecule has 0 radical (unpaired) electrons. The Morgan fingerprint density at radius 2 is 1.84 bits per heavy atom. The van der Waals surface area contributed by atoms with Crippen LogP contribution in [0.1, 0.15) is 35.1 Å². The minimum absolute atomic E-state index is 0.176. The molecular formula is C17H18FN. The molecule has 19 heavy (non-hydrogen) atoms. The van der Waals surface area contributed by atoms with Gasteiger partial charge in [-0.15, -0.1) is 0 Å². The van der Waals surface area contributed by atoms with E-state index in [1.54, 1.807) is 12.1 Å². The molecule has 0 aromatic heterocycles. The average Bonchev–Trinajstić information content (AvgIpc) is 2.86. The second-order valence-electron chi connectivity index (χ2n) is 5.16. The molecule has 1 aliphatic rings. The molecule has 1 N–H and O–H groups in total. The van der Waals surface area contributed by atoms with Crippen molar-refractivity contribution in [2.24, 2.45) is 0 Å². The van der Waals surface area contributed by atoms with E-state index in [1.165, 1.54) is 11.1 Å². The quantitative estimate of drug-likeness (QED) is 0.879. The third-order valence-corrected chi connectivity index (χ3v) is 4.12. The summed E-state index contributed by atoms with van der Waals surface area (Å²) in [6.45, 7) is 0. The topological polar surface area (TPSA) is 12.0 Å². The van der Waals surface area contributed by atoms with E-state index in [2.05, 4.69) is 29.6 Å². The number of halogens is 1. The molecule has 2 aromatic rings. The fourth-order valence-electron chi connectivity index (χ4n) is 3.21. The number of hydrogen-bond donors (Lipinski definition) is 1. The molecule has 0 aliphatic heterocycles. The standard InChI is InChI=1S/C17H18FN/c1-19-17(13-6-9-14(18)10-7-13)16-11-8-12-4-2-3-5-15(12)16/h2-7,9-10,16-17,19H,8,11H2,1H3. The van der Waals surface area contributed by atoms with Crippen molar-refractivity contribution in [3.05, 3.63) is 71.0 Å². The van der Waals surface area contributed by atoms with Crippen molar-refractivity contribution in [3.63, 3.8) is 0 Å². The summed E-state index contributed by atoms with van der Waals surface area (Å²) in [5.41, 5.74) is 4.05. The van der Waals surface area contributed by atoms with Gasteiger partial charge in [-0.2, -0.15) is 0 Å². The van der Waals surface area contributed by atoms with E-state index >= 15 is 0 Å². The summed E-state index contributed by atoms with van der Waals surface area (Å²) in [6, 6.07) is 15.8. The normalized spacial score (nSPS) is 19.2. The summed E-state index contributed by atoms with van der Waals surface area (Å²) < 4.78 is 13.0. The largest absolute Gasteiger partial charge is 0.312 e. The molecule has 0 saturated carbocycles. The zero-order valence-electron chi connectivity index (χ0n) is 11.1. The highest BCUT2D eigenvalue weighted by Crippen LogP contribution is 2.41. The van der Waals surface area contributed by atoms with Gasteiger partial charge in [0, 0.05) is 12.0 Å². The van der Waals surface area contributed by atoms with Crippen molar-refractivity contribution in [1.29, 1.82) is 0 Å². The SMILES string of the molecule is CNC(c1ccc(F)cc1)C1CCc2ccccc21. The van der Waals surface area contributed by atoms with E-state index in [-0.39, 0.29) is 11.9 Å². The lowest BCUT2D eigenvalue weighted by Crippen LogP contribution is -2.22. The van der Waals surface area contributed by atoms with Crippen LogP contribution in [0.25, 0.3) is 0 Å². The average molecular weight is 255 g/mol. The van der Waals surface area contributed by atoms with Gasteiger partial charge in [-0.25, -0.2) is 4.39 Å². The third-order valence-electron chi connectivity index (χ3n) is 4.12. The van der Waals surface area contributed by atoms with Crippen LogP contribution in [0, 0.1) is 5.82 Å². The molecule has 3 rings (SSSR count). The van der Waals surface area contributed by atoms with Crippen LogP contribution >= 0.6 is 0 Å². The number of benzene rings is 2. The first-order valence-corrected chi connectivity index (χ1v) is 6.80. The Bertz CT molecular complexity index is 562. The highest BCUT2D eigenvalue weighted by atomic mass is 19.1. The van der Waals surface area contributed by atoms with Crippen LogP contribution in [-0.2, 0) is 6.42 Å². The molecule has 2 heteroatoms. The van der Waals surface area contributed by atoms with E-state index in [4.69, 9.17) is 0 Å². The van der Waals surface area contributed by atoms with Crippen LogP contribution in [0.2, 0.25) is 0 Å². The molecule has 0 saturated heterocycles. The molecule has 0 amide bonds. The number of fused-ring (bicyclic) bond motifs is 1. The van der Waals surface area contributed by atoms with Gasteiger partial charge >= 0.3 is 0 Å². The van der Waals surface area contributed by atoms with Crippen molar-refractivity contribution in [1.82, 2.24) is 5.32 Å². The highest BCUT2D eigenvalue weighted by Gasteiger charge is 2.29. The summed E-state index contributed by atoms with van der Waals surface area (Å²) in [7, 11) is 1.98. The lowest BCUT2D eigenvalue weighted by Gasteiger charge is -2.24. The zero-order valence-corrected chi connectivity index (χ0v) is 11.1. The fourth-order valence-corrected chi connectivity index (χ4v) is 3.21. The lowest BCUT2D eigenvalue weighted by molar-refractivity contribution is 0.476. The van der Waals surface area contributed by atoms with Crippen LogP contribution in [0.3, 0.4) is 0 Å². The number of rotatable bonds is 3. The van der Waals surface area contributed by atoms with E-state index in [0.29, 0.717) is 5.92 Å². The summed E-state index contributed by atoms with van der Waals surface area (Å²) in [6.07, 6.45) is 2.29. The van der Waals surface area contributed by atoms with Crippen molar-refractivity contribution < 1.29 is 4.39 Å². The number of likely N-dealkylation sites (N-methyl/N-ethyl adjacent to an activating group) is 1. The minimum Gasteiger partial charge on any atom is -0.312 e. The van der Waals surface area contributed by atoms with Gasteiger partial charge in [-0.1, -0.05) is 36.4 Å². The Balaban J connectivity index is 1.94. The number of hydrogen-bond acceptors (Lipinski definition) is 1. The molecular weight excluding hydrogens is 237 g/mol. The van der Waals surface area contributed by atoms with Gasteiger partial charge < -0.3 is 5.32 Å². The third kappa shape index (κ3) is 2.28. The van der Waals surface area contributed by atoms with Crippen LogP contribution in [0.5, 0.6) is 0 Å². The second-order valence-corrected chi connectivity index (χ2v) is 5.16. The lowest BCUT2D eigenvalue weighted by atomic mass is 9.88. The molecule has 0 spiro atoms. The van der Waals surface area contributed by atoms with Gasteiger partial charge in [-0.3, -0.25) is 0 Å². The van der Waals surface area contributed by atoms with E-state index in [1.807, 2.05) is 19.2 Å². The van der Waals surface area contributed by atoms with Crippen LogP contribution in [0.4, 0.5) is 4.39 Å². The Kier molecular flexibility index (Phi) is 3.34. The maximum atomic E-state index is 13.0. The molecule has 1 aliphatic carbocycles. The van der Waals surface area contributed by atoms with Gasteiger partial charge in [0.2, 0.25) is 0 Å². The summed E-state index contributed by atoms with van der Waals surface area (Å²) in [4.78, 5) is 0. The van der Waals surface area contributed by atoms with Crippen molar-refractivity contribution in [2.75, 3.05) is 7.05 Å². The Hall–Kier alpha value is -1.67. The maximum Gasteiger partial charge on any atom is 0.123 e. The molecule has 0 bridgehead atoms. The Morgan fingerprint density at radius 3 is 2.58 bits per heavy atom. The first-order chi connectivity index (χ1) is 9.29. The first-order valence-electron chi connectivity index (χ1n) is 6.80. The molecule has 98 valence electrons. The molecule has 2 aromatic carbocycles. The van der Waals surface area contributed by atoms with Gasteiger partial charge in [0.25, 0.3) is 0 Å². The molecule has 2 unspecified atom stereocenters. The fraction of sp³-hybridized carbons (Fsp3) is 0.294. The maximum absolute atomic E-state index is 13.0. The predicted octanol–water partition coefficient (Wildman–Crippen LogP) is 3.82. The van der Waals surface area contributed by atoms with E-state index in [0.717, 1.165) is 18.4 Å². The number of aryl methyl sites for hydroxylation is 1. The summed E-state index contributed by atoms with van der Waals surface area (Å²) in [5.74, 6) is 0.303. The Morgan fingerprint density at radius 1 is 1.11 bits per heavy atom. The smallest absolute Gasteiger partial charge is 0.123 e. The summed E-state index contributed by atoms with van der Waals surface area (Å²) in [5, 5.41) is 3.40. The molecule has 0 heterocycles. The van der Waals surface area contributed by atoms with Crippen LogP contribution < -0.4 is 5.32 Å². The van der Waals surface area contributed by atoms with Gasteiger partial charge in [0.1, 0.15) is 5.82 Å². The van der Waals surface area contributed by atoms with E-state index in [9.17, 15) is 4.39 Å². The van der Waals surface area contributed by atoms with Crippen molar-refractivity contribution in [3.8, 4) is 0 Å². The minimum atomic E-state index is -0.176. The van der Waals surface area contributed by atoms with Gasteiger partial charge in [0.15, 0.2) is 0 Å². The Labute approximate surface area is 113 Å². The van der Waals surface area contributed by atoms with Crippen LogP contribution in [0.15, 0.2) is 48.5 Å². The van der Waals surface area contributed by atoms with Crippen LogP contribution in [-0.4, -0.2) is 7.05 Å². The molecule has 0 fully saturated rings. The van der Waals surface area contributed by atoms with Gasteiger partial charge in [0.05, 0.1) is 0 Å². The zero-order chi connectivity index (χ0) is 13.2. The molecule has 1 nitrogen and oxygen atoms in total. The second kappa shape index (κ2) is 5.14. The first kappa shape index (κ1) is 12.4.